The summed E-state index contributed by atoms with van der Waals surface area (Å²) in [6.45, 7) is 3.04. The van der Waals surface area contributed by atoms with Crippen molar-refractivity contribution in [2.24, 2.45) is 11.8 Å². The molecule has 3 heterocycles. The molecular weight excluding hydrogens is 429 g/mol. The van der Waals surface area contributed by atoms with E-state index >= 15 is 0 Å². The van der Waals surface area contributed by atoms with E-state index in [2.05, 4.69) is 10.2 Å². The zero-order chi connectivity index (χ0) is 23.5. The molecule has 3 aliphatic rings. The third-order valence-corrected chi connectivity index (χ3v) is 7.97. The summed E-state index contributed by atoms with van der Waals surface area (Å²) in [7, 11) is 0. The molecule has 1 N–H and O–H groups in total. The van der Waals surface area contributed by atoms with Crippen LogP contribution in [0.2, 0.25) is 0 Å². The molecule has 3 saturated heterocycles. The van der Waals surface area contributed by atoms with Crippen molar-refractivity contribution in [1.82, 2.24) is 9.80 Å². The van der Waals surface area contributed by atoms with Crippen molar-refractivity contribution in [2.75, 3.05) is 25.0 Å². The Bertz CT molecular complexity index is 1010. The van der Waals surface area contributed by atoms with Crippen molar-refractivity contribution in [3.63, 3.8) is 0 Å². The number of piperidine rings is 3. The van der Waals surface area contributed by atoms with E-state index in [1.807, 2.05) is 35.2 Å². The van der Waals surface area contributed by atoms with Crippen LogP contribution in [0.15, 0.2) is 54.6 Å². The summed E-state index contributed by atoms with van der Waals surface area (Å²) in [6, 6.07) is 16.2. The van der Waals surface area contributed by atoms with Crippen LogP contribution in [0.3, 0.4) is 0 Å². The zero-order valence-corrected chi connectivity index (χ0v) is 19.7. The van der Waals surface area contributed by atoms with Crippen LogP contribution in [0.25, 0.3) is 0 Å². The summed E-state index contributed by atoms with van der Waals surface area (Å²) in [5, 5.41) is 2.97. The number of halogens is 1. The third-order valence-electron chi connectivity index (χ3n) is 7.97. The average molecular weight is 464 g/mol. The van der Waals surface area contributed by atoms with Gasteiger partial charge in [0.15, 0.2) is 0 Å². The smallest absolute Gasteiger partial charge is 0.254 e. The normalized spacial score (nSPS) is 26.6. The number of anilines is 1. The van der Waals surface area contributed by atoms with E-state index in [0.717, 1.165) is 57.4 Å². The van der Waals surface area contributed by atoms with Crippen LogP contribution in [0.4, 0.5) is 10.1 Å². The molecule has 0 saturated carbocycles. The van der Waals surface area contributed by atoms with Crippen molar-refractivity contribution in [2.45, 2.75) is 57.0 Å². The maximum Gasteiger partial charge on any atom is 0.254 e. The largest absolute Gasteiger partial charge is 0.335 e. The highest BCUT2D eigenvalue weighted by molar-refractivity contribution is 5.94. The van der Waals surface area contributed by atoms with Gasteiger partial charge in [0.2, 0.25) is 5.91 Å². The van der Waals surface area contributed by atoms with Crippen LogP contribution < -0.4 is 5.32 Å². The molecule has 3 fully saturated rings. The van der Waals surface area contributed by atoms with E-state index in [1.165, 1.54) is 18.6 Å². The third kappa shape index (κ3) is 4.88. The molecule has 0 radical (unpaired) electrons. The Hall–Kier alpha value is -2.73. The Balaban J connectivity index is 1.32. The summed E-state index contributed by atoms with van der Waals surface area (Å²) >= 11 is 0. The first-order valence-corrected chi connectivity index (χ1v) is 12.8. The van der Waals surface area contributed by atoms with Crippen molar-refractivity contribution < 1.29 is 14.0 Å². The number of para-hydroxylation sites is 1. The molecule has 0 aromatic heterocycles. The summed E-state index contributed by atoms with van der Waals surface area (Å²) in [5.41, 5.74) is 1.23. The van der Waals surface area contributed by atoms with Gasteiger partial charge in [-0.3, -0.25) is 14.5 Å². The van der Waals surface area contributed by atoms with Gasteiger partial charge >= 0.3 is 0 Å². The lowest BCUT2D eigenvalue weighted by atomic mass is 9.69. The number of benzene rings is 2. The van der Waals surface area contributed by atoms with Crippen molar-refractivity contribution in [3.05, 3.63) is 66.0 Å². The van der Waals surface area contributed by atoms with Crippen LogP contribution in [0.5, 0.6) is 0 Å². The standard InChI is InChI=1S/C28H34FN3O2/c29-22-10-4-8-20(18-22)28(34)32-19-21-9-6-16-31-17-7-13-24(27(21)31)25(32)14-5-15-26(33)30-23-11-2-1-3-12-23/h1-4,8,10-12,18,21,24-25,27H,5-7,9,13-17,19H2,(H,30,33)/t21-,24+,25+,27-/m0/s1. The van der Waals surface area contributed by atoms with E-state index in [1.54, 1.807) is 12.1 Å². The maximum atomic E-state index is 13.9. The van der Waals surface area contributed by atoms with Gasteiger partial charge in [0, 0.05) is 36.3 Å². The number of likely N-dealkylation sites (tertiary alicyclic amines) is 1. The monoisotopic (exact) mass is 463 g/mol. The lowest BCUT2D eigenvalue weighted by molar-refractivity contribution is -0.116. The maximum absolute atomic E-state index is 13.9. The number of carbonyl (C=O) groups excluding carboxylic acids is 2. The molecule has 0 unspecified atom stereocenters. The van der Waals surface area contributed by atoms with Crippen LogP contribution >= 0.6 is 0 Å². The number of nitrogens with zero attached hydrogens (tertiary/aromatic N) is 2. The van der Waals surface area contributed by atoms with E-state index in [4.69, 9.17) is 0 Å². The van der Waals surface area contributed by atoms with Gasteiger partial charge in [-0.2, -0.15) is 0 Å². The summed E-state index contributed by atoms with van der Waals surface area (Å²) < 4.78 is 13.9. The minimum atomic E-state index is -0.378. The molecule has 0 aliphatic carbocycles. The molecule has 0 spiro atoms. The Morgan fingerprint density at radius 2 is 1.79 bits per heavy atom. The molecule has 180 valence electrons. The Morgan fingerprint density at radius 3 is 2.59 bits per heavy atom. The Morgan fingerprint density at radius 1 is 1.00 bits per heavy atom. The van der Waals surface area contributed by atoms with E-state index in [0.29, 0.717) is 29.9 Å². The first-order valence-electron chi connectivity index (χ1n) is 12.8. The zero-order valence-electron chi connectivity index (χ0n) is 19.7. The predicted octanol–water partition coefficient (Wildman–Crippen LogP) is 4.95. The highest BCUT2D eigenvalue weighted by Crippen LogP contribution is 2.43. The molecule has 2 aromatic carbocycles. The first-order chi connectivity index (χ1) is 16.6. The number of nitrogens with one attached hydrogen (secondary N) is 1. The minimum Gasteiger partial charge on any atom is -0.335 e. The van der Waals surface area contributed by atoms with Crippen LogP contribution in [-0.2, 0) is 4.79 Å². The average Bonchev–Trinajstić information content (AvgIpc) is 2.85. The number of amides is 2. The molecular formula is C28H34FN3O2. The summed E-state index contributed by atoms with van der Waals surface area (Å²) in [6.07, 6.45) is 6.55. The Labute approximate surface area is 201 Å². The summed E-state index contributed by atoms with van der Waals surface area (Å²) in [5.74, 6) is 0.457. The molecule has 3 aliphatic heterocycles. The summed E-state index contributed by atoms with van der Waals surface area (Å²) in [4.78, 5) is 30.8. The minimum absolute atomic E-state index is 0.00540. The molecule has 2 aromatic rings. The fourth-order valence-corrected chi connectivity index (χ4v) is 6.60. The number of carbonyl (C=O) groups is 2. The first kappa shape index (κ1) is 23.0. The van der Waals surface area contributed by atoms with Crippen molar-refractivity contribution in [3.8, 4) is 0 Å². The fourth-order valence-electron chi connectivity index (χ4n) is 6.60. The highest BCUT2D eigenvalue weighted by Gasteiger charge is 2.49. The van der Waals surface area contributed by atoms with Gasteiger partial charge in [-0.05, 0) is 93.8 Å². The van der Waals surface area contributed by atoms with Gasteiger partial charge in [0.25, 0.3) is 5.91 Å². The predicted molar refractivity (Wildman–Crippen MR) is 131 cm³/mol. The molecule has 4 atom stereocenters. The topological polar surface area (TPSA) is 52.7 Å². The SMILES string of the molecule is O=C(CCC[C@@H]1[C@H]2CCCN3CCC[C@@H](CN1C(=O)c1cccc(F)c1)[C@@H]23)Nc1ccccc1. The van der Waals surface area contributed by atoms with Crippen LogP contribution in [-0.4, -0.2) is 53.3 Å². The van der Waals surface area contributed by atoms with Crippen molar-refractivity contribution >= 4 is 17.5 Å². The van der Waals surface area contributed by atoms with Gasteiger partial charge in [0.1, 0.15) is 5.82 Å². The van der Waals surface area contributed by atoms with Crippen LogP contribution in [0.1, 0.15) is 55.3 Å². The molecule has 5 rings (SSSR count). The number of rotatable bonds is 6. The quantitative estimate of drug-likeness (QED) is 0.660. The second kappa shape index (κ2) is 10.3. The number of hydrogen-bond donors (Lipinski definition) is 1. The van der Waals surface area contributed by atoms with Gasteiger partial charge < -0.3 is 10.2 Å². The second-order valence-electron chi connectivity index (χ2n) is 10.1. The highest BCUT2D eigenvalue weighted by atomic mass is 19.1. The van der Waals surface area contributed by atoms with Crippen LogP contribution in [0, 0.1) is 17.7 Å². The number of hydrogen-bond acceptors (Lipinski definition) is 3. The molecule has 34 heavy (non-hydrogen) atoms. The van der Waals surface area contributed by atoms with Gasteiger partial charge in [0.05, 0.1) is 0 Å². The van der Waals surface area contributed by atoms with Gasteiger partial charge in [-0.25, -0.2) is 4.39 Å². The Kier molecular flexibility index (Phi) is 6.95. The second-order valence-corrected chi connectivity index (χ2v) is 10.1. The molecule has 6 heteroatoms. The van der Waals surface area contributed by atoms with E-state index < -0.39 is 0 Å². The fraction of sp³-hybridized carbons (Fsp3) is 0.500. The lowest BCUT2D eigenvalue weighted by Crippen LogP contribution is -2.65. The van der Waals surface area contributed by atoms with E-state index in [9.17, 15) is 14.0 Å². The van der Waals surface area contributed by atoms with Crippen molar-refractivity contribution in [1.29, 1.82) is 0 Å². The molecule has 2 amide bonds. The molecule has 5 nitrogen and oxygen atoms in total. The van der Waals surface area contributed by atoms with Gasteiger partial charge in [-0.15, -0.1) is 0 Å². The lowest BCUT2D eigenvalue weighted by Gasteiger charge is -2.57. The van der Waals surface area contributed by atoms with Gasteiger partial charge in [-0.1, -0.05) is 24.3 Å². The van der Waals surface area contributed by atoms with E-state index in [-0.39, 0.29) is 23.7 Å². The molecule has 0 bridgehead atoms.